The minimum atomic E-state index is -4.37. The summed E-state index contributed by atoms with van der Waals surface area (Å²) in [6.07, 6.45) is -4.37. The molecule has 0 saturated heterocycles. The number of nitrogens with one attached hydrogen (secondary N) is 2. The molecule has 0 fully saturated rings. The van der Waals surface area contributed by atoms with Crippen LogP contribution in [0.2, 0.25) is 0 Å². The highest BCUT2D eigenvalue weighted by Crippen LogP contribution is 2.12. The van der Waals surface area contributed by atoms with Gasteiger partial charge in [-0.25, -0.2) is 0 Å². The predicted octanol–water partition coefficient (Wildman–Crippen LogP) is 1.22. The van der Waals surface area contributed by atoms with Gasteiger partial charge in [-0.2, -0.15) is 13.2 Å². The Morgan fingerprint density at radius 3 is 2.40 bits per heavy atom. The van der Waals surface area contributed by atoms with Crippen molar-refractivity contribution in [3.63, 3.8) is 0 Å². The number of carbonyl (C=O) groups is 1. The van der Waals surface area contributed by atoms with Gasteiger partial charge in [-0.3, -0.25) is 4.79 Å². The van der Waals surface area contributed by atoms with Crippen LogP contribution in [0, 0.1) is 0 Å². The molecule has 0 bridgehead atoms. The van der Waals surface area contributed by atoms with E-state index in [1.807, 2.05) is 0 Å². The van der Waals surface area contributed by atoms with E-state index in [9.17, 15) is 18.0 Å². The van der Waals surface area contributed by atoms with Gasteiger partial charge in [0.1, 0.15) is 6.54 Å². The standard InChI is InChI=1S/C9H15F3N2O/c1-6(2)4-13-7(3)8(15)14-5-9(10,11)12/h7,13H,1,4-5H2,2-3H3,(H,14,15). The molecule has 3 nitrogen and oxygen atoms in total. The maximum Gasteiger partial charge on any atom is 0.405 e. The Bertz CT molecular complexity index is 238. The molecule has 15 heavy (non-hydrogen) atoms. The highest BCUT2D eigenvalue weighted by atomic mass is 19.4. The van der Waals surface area contributed by atoms with Crippen LogP contribution in [0.4, 0.5) is 13.2 Å². The van der Waals surface area contributed by atoms with Gasteiger partial charge in [0.2, 0.25) is 5.91 Å². The zero-order valence-corrected chi connectivity index (χ0v) is 8.74. The average molecular weight is 224 g/mol. The van der Waals surface area contributed by atoms with Gasteiger partial charge in [0.05, 0.1) is 6.04 Å². The van der Waals surface area contributed by atoms with E-state index in [-0.39, 0.29) is 0 Å². The van der Waals surface area contributed by atoms with Crippen LogP contribution in [0.3, 0.4) is 0 Å². The van der Waals surface area contributed by atoms with Gasteiger partial charge in [-0.05, 0) is 13.8 Å². The first-order valence-corrected chi connectivity index (χ1v) is 4.44. The first-order chi connectivity index (χ1) is 6.72. The quantitative estimate of drug-likeness (QED) is 0.689. The summed E-state index contributed by atoms with van der Waals surface area (Å²) in [5, 5.41) is 4.53. The van der Waals surface area contributed by atoms with Crippen molar-refractivity contribution < 1.29 is 18.0 Å². The van der Waals surface area contributed by atoms with Gasteiger partial charge in [0.25, 0.3) is 0 Å². The van der Waals surface area contributed by atoms with Crippen LogP contribution in [0.1, 0.15) is 13.8 Å². The van der Waals surface area contributed by atoms with Crippen LogP contribution >= 0.6 is 0 Å². The van der Waals surface area contributed by atoms with Crippen molar-refractivity contribution in [2.45, 2.75) is 26.1 Å². The average Bonchev–Trinajstić information content (AvgIpc) is 2.08. The maximum absolute atomic E-state index is 11.7. The fraction of sp³-hybridized carbons (Fsp3) is 0.667. The first-order valence-electron chi connectivity index (χ1n) is 4.44. The van der Waals surface area contributed by atoms with E-state index < -0.39 is 24.7 Å². The third-order valence-corrected chi connectivity index (χ3v) is 1.57. The normalized spacial score (nSPS) is 13.4. The Balaban J connectivity index is 3.84. The lowest BCUT2D eigenvalue weighted by molar-refractivity contribution is -0.139. The topological polar surface area (TPSA) is 41.1 Å². The predicted molar refractivity (Wildman–Crippen MR) is 51.3 cm³/mol. The van der Waals surface area contributed by atoms with E-state index in [0.717, 1.165) is 5.57 Å². The summed E-state index contributed by atoms with van der Waals surface area (Å²) in [7, 11) is 0. The summed E-state index contributed by atoms with van der Waals surface area (Å²) >= 11 is 0. The molecule has 0 aromatic heterocycles. The van der Waals surface area contributed by atoms with Crippen LogP contribution in [-0.4, -0.2) is 31.2 Å². The SMILES string of the molecule is C=C(C)CNC(C)C(=O)NCC(F)(F)F. The van der Waals surface area contributed by atoms with Crippen molar-refractivity contribution in [1.29, 1.82) is 0 Å². The van der Waals surface area contributed by atoms with Gasteiger partial charge >= 0.3 is 6.18 Å². The molecule has 0 rings (SSSR count). The smallest absolute Gasteiger partial charge is 0.346 e. The fourth-order valence-electron chi connectivity index (χ4n) is 0.760. The molecule has 0 aliphatic carbocycles. The van der Waals surface area contributed by atoms with Crippen LogP contribution in [-0.2, 0) is 4.79 Å². The number of hydrogen-bond donors (Lipinski definition) is 2. The molecule has 0 heterocycles. The van der Waals surface area contributed by atoms with E-state index in [4.69, 9.17) is 0 Å². The zero-order valence-electron chi connectivity index (χ0n) is 8.74. The summed E-state index contributed by atoms with van der Waals surface area (Å²) in [5.74, 6) is -0.673. The van der Waals surface area contributed by atoms with Crippen LogP contribution in [0.5, 0.6) is 0 Å². The van der Waals surface area contributed by atoms with Gasteiger partial charge in [-0.15, -0.1) is 0 Å². The minimum Gasteiger partial charge on any atom is -0.346 e. The molecule has 0 aliphatic heterocycles. The second-order valence-corrected chi connectivity index (χ2v) is 3.39. The lowest BCUT2D eigenvalue weighted by Crippen LogP contribution is -2.45. The molecule has 0 aromatic rings. The molecule has 2 N–H and O–H groups in total. The van der Waals surface area contributed by atoms with Gasteiger partial charge in [-0.1, -0.05) is 12.2 Å². The third kappa shape index (κ3) is 7.99. The number of halogens is 3. The number of hydrogen-bond acceptors (Lipinski definition) is 2. The molecular weight excluding hydrogens is 209 g/mol. The van der Waals surface area contributed by atoms with E-state index in [1.165, 1.54) is 6.92 Å². The Labute approximate surface area is 86.7 Å². The van der Waals surface area contributed by atoms with Crippen molar-refractivity contribution in [3.05, 3.63) is 12.2 Å². The maximum atomic E-state index is 11.7. The van der Waals surface area contributed by atoms with Crippen molar-refractivity contribution in [3.8, 4) is 0 Å². The van der Waals surface area contributed by atoms with Crippen LogP contribution in [0.25, 0.3) is 0 Å². The van der Waals surface area contributed by atoms with Crippen LogP contribution in [0.15, 0.2) is 12.2 Å². The molecule has 88 valence electrons. The second kappa shape index (κ2) is 5.75. The molecule has 0 spiro atoms. The molecule has 1 unspecified atom stereocenters. The monoisotopic (exact) mass is 224 g/mol. The minimum absolute atomic E-state index is 0.403. The van der Waals surface area contributed by atoms with Crippen molar-refractivity contribution in [2.24, 2.45) is 0 Å². The highest BCUT2D eigenvalue weighted by Gasteiger charge is 2.28. The molecule has 6 heteroatoms. The summed E-state index contributed by atoms with van der Waals surface area (Å²) in [5.41, 5.74) is 0.811. The van der Waals surface area contributed by atoms with E-state index in [1.54, 1.807) is 12.2 Å². The van der Waals surface area contributed by atoms with E-state index in [0.29, 0.717) is 6.54 Å². The van der Waals surface area contributed by atoms with Crippen LogP contribution < -0.4 is 10.6 Å². The molecular formula is C9H15F3N2O. The number of carbonyl (C=O) groups excluding carboxylic acids is 1. The van der Waals surface area contributed by atoms with Gasteiger partial charge < -0.3 is 10.6 Å². The molecule has 0 aromatic carbocycles. The number of rotatable bonds is 5. The second-order valence-electron chi connectivity index (χ2n) is 3.39. The van der Waals surface area contributed by atoms with Crippen molar-refractivity contribution in [1.82, 2.24) is 10.6 Å². The van der Waals surface area contributed by atoms with E-state index >= 15 is 0 Å². The first kappa shape index (κ1) is 14.0. The third-order valence-electron chi connectivity index (χ3n) is 1.57. The lowest BCUT2D eigenvalue weighted by Gasteiger charge is -2.14. The fourth-order valence-corrected chi connectivity index (χ4v) is 0.760. The Kier molecular flexibility index (Phi) is 5.35. The highest BCUT2D eigenvalue weighted by molar-refractivity contribution is 5.81. The zero-order chi connectivity index (χ0) is 12.1. The Hall–Kier alpha value is -1.04. The summed E-state index contributed by atoms with van der Waals surface area (Å²) in [6, 6.07) is -0.663. The molecule has 1 atom stereocenters. The summed E-state index contributed by atoms with van der Waals surface area (Å²) in [6.45, 7) is 5.95. The number of amides is 1. The largest absolute Gasteiger partial charge is 0.405 e. The summed E-state index contributed by atoms with van der Waals surface area (Å²) < 4.78 is 35.2. The Morgan fingerprint density at radius 1 is 1.47 bits per heavy atom. The van der Waals surface area contributed by atoms with Gasteiger partial charge in [0, 0.05) is 6.54 Å². The lowest BCUT2D eigenvalue weighted by atomic mass is 10.2. The summed E-state index contributed by atoms with van der Waals surface area (Å²) in [4.78, 5) is 11.1. The van der Waals surface area contributed by atoms with Gasteiger partial charge in [0.15, 0.2) is 0 Å². The Morgan fingerprint density at radius 2 is 2.00 bits per heavy atom. The molecule has 0 saturated carbocycles. The van der Waals surface area contributed by atoms with Crippen molar-refractivity contribution in [2.75, 3.05) is 13.1 Å². The molecule has 0 aliphatic rings. The number of alkyl halides is 3. The molecule has 0 radical (unpaired) electrons. The van der Waals surface area contributed by atoms with E-state index in [2.05, 4.69) is 11.9 Å². The molecule has 1 amide bonds. The van der Waals surface area contributed by atoms with Crippen molar-refractivity contribution >= 4 is 5.91 Å².